The Bertz CT molecular complexity index is 365. The highest BCUT2D eigenvalue weighted by molar-refractivity contribution is 5.85. The van der Waals surface area contributed by atoms with Crippen molar-refractivity contribution in [2.75, 3.05) is 5.73 Å². The highest BCUT2D eigenvalue weighted by atomic mass is 19.1. The molecule has 0 amide bonds. The molecule has 1 aromatic carbocycles. The fourth-order valence-electron chi connectivity index (χ4n) is 0.820. The Morgan fingerprint density at radius 2 is 2.25 bits per heavy atom. The molecule has 0 heterocycles. The summed E-state index contributed by atoms with van der Waals surface area (Å²) in [5, 5.41) is 15.3. The topological polar surface area (TPSA) is 73.7 Å². The van der Waals surface area contributed by atoms with E-state index in [1.54, 1.807) is 6.07 Å². The van der Waals surface area contributed by atoms with Crippen LogP contribution in [0, 0.1) is 22.6 Å². The van der Waals surface area contributed by atoms with Gasteiger partial charge in [0, 0.05) is 11.8 Å². The van der Waals surface area contributed by atoms with Gasteiger partial charge >= 0.3 is 0 Å². The smallest absolute Gasteiger partial charge is 0.164 e. The molecular formula is C8H6FN3. The van der Waals surface area contributed by atoms with Gasteiger partial charge in [0.15, 0.2) is 5.82 Å². The van der Waals surface area contributed by atoms with Crippen molar-refractivity contribution in [2.24, 2.45) is 0 Å². The van der Waals surface area contributed by atoms with Gasteiger partial charge in [0.05, 0.1) is 11.3 Å². The second-order valence-electron chi connectivity index (χ2n) is 2.19. The molecule has 0 bridgehead atoms. The minimum absolute atomic E-state index is 0.0990. The molecule has 0 aliphatic rings. The summed E-state index contributed by atoms with van der Waals surface area (Å²) in [6.45, 7) is 0. The van der Waals surface area contributed by atoms with E-state index in [0.717, 1.165) is 6.21 Å². The largest absolute Gasteiger partial charge is 0.396 e. The molecule has 3 nitrogen and oxygen atoms in total. The molecule has 0 radical (unpaired) electrons. The van der Waals surface area contributed by atoms with Crippen molar-refractivity contribution in [3.8, 4) is 6.07 Å². The molecule has 0 saturated carbocycles. The molecule has 0 saturated heterocycles. The molecule has 0 aliphatic carbocycles. The number of nitriles is 1. The number of nitrogens with two attached hydrogens (primary N) is 1. The third-order valence-corrected chi connectivity index (χ3v) is 1.49. The minimum atomic E-state index is -0.751. The van der Waals surface area contributed by atoms with Gasteiger partial charge in [-0.3, -0.25) is 0 Å². The number of anilines is 1. The first-order chi connectivity index (χ1) is 5.70. The van der Waals surface area contributed by atoms with Crippen LogP contribution in [0.4, 0.5) is 10.1 Å². The zero-order valence-electron chi connectivity index (χ0n) is 6.13. The zero-order chi connectivity index (χ0) is 9.14. The third-order valence-electron chi connectivity index (χ3n) is 1.49. The summed E-state index contributed by atoms with van der Waals surface area (Å²) >= 11 is 0. The lowest BCUT2D eigenvalue weighted by molar-refractivity contribution is 0.628. The number of nitrogen functional groups attached to an aromatic ring is 1. The molecule has 0 aromatic heterocycles. The van der Waals surface area contributed by atoms with E-state index in [0.29, 0.717) is 0 Å². The Labute approximate surface area is 68.7 Å². The maximum Gasteiger partial charge on any atom is 0.164 e. The van der Waals surface area contributed by atoms with Crippen LogP contribution in [0.5, 0.6) is 0 Å². The monoisotopic (exact) mass is 163 g/mol. The van der Waals surface area contributed by atoms with Gasteiger partial charge in [0.2, 0.25) is 0 Å². The Morgan fingerprint density at radius 1 is 1.58 bits per heavy atom. The molecule has 12 heavy (non-hydrogen) atoms. The average molecular weight is 163 g/mol. The summed E-state index contributed by atoms with van der Waals surface area (Å²) in [5.41, 5.74) is 5.33. The fraction of sp³-hybridized carbons (Fsp3) is 0. The van der Waals surface area contributed by atoms with Gasteiger partial charge in [-0.25, -0.2) is 4.39 Å². The number of halogens is 1. The number of nitrogens with one attached hydrogen (secondary N) is 1. The number of nitrogens with zero attached hydrogens (tertiary/aromatic N) is 1. The zero-order valence-corrected chi connectivity index (χ0v) is 6.13. The summed E-state index contributed by atoms with van der Waals surface area (Å²) < 4.78 is 13.0. The summed E-state index contributed by atoms with van der Waals surface area (Å²) in [6, 6.07) is 4.39. The lowest BCUT2D eigenvalue weighted by Gasteiger charge is -2.01. The van der Waals surface area contributed by atoms with Crippen LogP contribution in [0.25, 0.3) is 0 Å². The molecule has 0 spiro atoms. The molecule has 0 unspecified atom stereocenters. The molecule has 3 N–H and O–H groups in total. The molecule has 4 heteroatoms. The lowest BCUT2D eigenvalue weighted by Crippen LogP contribution is -1.99. The van der Waals surface area contributed by atoms with Crippen LogP contribution in [0.15, 0.2) is 12.1 Å². The van der Waals surface area contributed by atoms with Crippen molar-refractivity contribution in [3.05, 3.63) is 29.1 Å². The van der Waals surface area contributed by atoms with E-state index in [1.165, 1.54) is 12.1 Å². The van der Waals surface area contributed by atoms with E-state index in [-0.39, 0.29) is 16.8 Å². The molecule has 0 fully saturated rings. The highest BCUT2D eigenvalue weighted by Gasteiger charge is 2.07. The standard InChI is InChI=1S/C8H6FN3/c9-7-5(3-10)1-2-6(4-11)8(7)12/h1-2,4,11H,12H2. The number of rotatable bonds is 1. The van der Waals surface area contributed by atoms with Gasteiger partial charge in [-0.2, -0.15) is 5.26 Å². The second-order valence-corrected chi connectivity index (χ2v) is 2.19. The van der Waals surface area contributed by atoms with E-state index in [1.807, 2.05) is 0 Å². The fourth-order valence-corrected chi connectivity index (χ4v) is 0.820. The first-order valence-electron chi connectivity index (χ1n) is 3.19. The first-order valence-corrected chi connectivity index (χ1v) is 3.19. The lowest BCUT2D eigenvalue weighted by atomic mass is 10.1. The Morgan fingerprint density at radius 3 is 2.75 bits per heavy atom. The van der Waals surface area contributed by atoms with E-state index in [2.05, 4.69) is 0 Å². The second kappa shape index (κ2) is 3.01. The number of hydrogen-bond acceptors (Lipinski definition) is 3. The molecule has 60 valence electrons. The Hall–Kier alpha value is -1.89. The van der Waals surface area contributed by atoms with Crippen molar-refractivity contribution in [3.63, 3.8) is 0 Å². The highest BCUT2D eigenvalue weighted by Crippen LogP contribution is 2.17. The first kappa shape index (κ1) is 8.21. The van der Waals surface area contributed by atoms with Crippen LogP contribution >= 0.6 is 0 Å². The van der Waals surface area contributed by atoms with E-state index in [9.17, 15) is 4.39 Å². The van der Waals surface area contributed by atoms with E-state index < -0.39 is 5.82 Å². The molecule has 0 aliphatic heterocycles. The SMILES string of the molecule is N#Cc1ccc(C=N)c(N)c1F. The van der Waals surface area contributed by atoms with Crippen molar-refractivity contribution in [1.82, 2.24) is 0 Å². The third kappa shape index (κ3) is 1.12. The van der Waals surface area contributed by atoms with Gasteiger partial charge < -0.3 is 11.1 Å². The molecule has 1 rings (SSSR count). The van der Waals surface area contributed by atoms with Crippen LogP contribution in [0.3, 0.4) is 0 Å². The quantitative estimate of drug-likeness (QED) is 0.483. The van der Waals surface area contributed by atoms with Gasteiger partial charge in [-0.05, 0) is 12.1 Å². The van der Waals surface area contributed by atoms with Crippen molar-refractivity contribution in [1.29, 1.82) is 10.7 Å². The van der Waals surface area contributed by atoms with Crippen molar-refractivity contribution in [2.45, 2.75) is 0 Å². The van der Waals surface area contributed by atoms with Crippen LogP contribution < -0.4 is 5.73 Å². The van der Waals surface area contributed by atoms with Crippen LogP contribution in [-0.4, -0.2) is 6.21 Å². The molecule has 1 aromatic rings. The summed E-state index contributed by atoms with van der Waals surface area (Å²) in [6.07, 6.45) is 0.944. The van der Waals surface area contributed by atoms with Gasteiger partial charge in [0.1, 0.15) is 6.07 Å². The summed E-state index contributed by atoms with van der Waals surface area (Å²) in [4.78, 5) is 0. The Balaban J connectivity index is 3.41. The number of benzene rings is 1. The van der Waals surface area contributed by atoms with Crippen molar-refractivity contribution < 1.29 is 4.39 Å². The van der Waals surface area contributed by atoms with Crippen LogP contribution in [-0.2, 0) is 0 Å². The number of hydrogen-bond donors (Lipinski definition) is 2. The van der Waals surface area contributed by atoms with Crippen LogP contribution in [0.2, 0.25) is 0 Å². The van der Waals surface area contributed by atoms with Crippen LogP contribution in [0.1, 0.15) is 11.1 Å². The Kier molecular flexibility index (Phi) is 2.06. The maximum absolute atomic E-state index is 13.0. The van der Waals surface area contributed by atoms with E-state index >= 15 is 0 Å². The normalized spacial score (nSPS) is 9.00. The average Bonchev–Trinajstić information content (AvgIpc) is 2.10. The van der Waals surface area contributed by atoms with Gasteiger partial charge in [-0.1, -0.05) is 0 Å². The predicted octanol–water partition coefficient (Wildman–Crippen LogP) is 1.28. The van der Waals surface area contributed by atoms with Gasteiger partial charge in [-0.15, -0.1) is 0 Å². The van der Waals surface area contributed by atoms with Gasteiger partial charge in [0.25, 0.3) is 0 Å². The van der Waals surface area contributed by atoms with E-state index in [4.69, 9.17) is 16.4 Å². The summed E-state index contributed by atoms with van der Waals surface area (Å²) in [7, 11) is 0. The van der Waals surface area contributed by atoms with Crippen molar-refractivity contribution >= 4 is 11.9 Å². The minimum Gasteiger partial charge on any atom is -0.396 e. The predicted molar refractivity (Wildman–Crippen MR) is 43.4 cm³/mol. The molecular weight excluding hydrogens is 157 g/mol. The summed E-state index contributed by atoms with van der Waals surface area (Å²) in [5.74, 6) is -0.751. The maximum atomic E-state index is 13.0. The molecule has 0 atom stereocenters.